The Hall–Kier alpha value is -2.61. The van der Waals surface area contributed by atoms with Gasteiger partial charge in [0.2, 0.25) is 0 Å². The maximum absolute atomic E-state index is 12.2. The normalized spacial score (nSPS) is 10.4. The molecule has 0 atom stereocenters. The first-order valence-corrected chi connectivity index (χ1v) is 6.59. The zero-order valence-electron chi connectivity index (χ0n) is 11.3. The lowest BCUT2D eigenvalue weighted by Gasteiger charge is -2.06. The molecule has 1 N–H and O–H groups in total. The standard InChI is InChI=1S/C18H15NO/c1-13-6-10-17(11-7-13)19-18(20)16-9-8-14-4-2-3-5-15(14)12-16/h2-12H,1H3,(H,19,20). The van der Waals surface area contributed by atoms with Crippen LogP contribution in [0.25, 0.3) is 10.8 Å². The van der Waals surface area contributed by atoms with Crippen LogP contribution in [0.2, 0.25) is 0 Å². The third-order valence-electron chi connectivity index (χ3n) is 3.32. The van der Waals surface area contributed by atoms with Crippen LogP contribution in [0.4, 0.5) is 5.69 Å². The number of benzene rings is 3. The second kappa shape index (κ2) is 5.17. The molecule has 2 nitrogen and oxygen atoms in total. The average molecular weight is 261 g/mol. The number of aryl methyl sites for hydroxylation is 1. The number of nitrogens with one attached hydrogen (secondary N) is 1. The van der Waals surface area contributed by atoms with Gasteiger partial charge in [-0.25, -0.2) is 0 Å². The van der Waals surface area contributed by atoms with Crippen LogP contribution in [0.1, 0.15) is 15.9 Å². The average Bonchev–Trinajstić information content (AvgIpc) is 2.49. The molecule has 3 aromatic rings. The van der Waals surface area contributed by atoms with E-state index in [1.165, 1.54) is 5.56 Å². The Bertz CT molecular complexity index is 760. The van der Waals surface area contributed by atoms with Gasteiger partial charge in [0.15, 0.2) is 0 Å². The summed E-state index contributed by atoms with van der Waals surface area (Å²) in [5.41, 5.74) is 2.66. The predicted molar refractivity (Wildman–Crippen MR) is 83.1 cm³/mol. The van der Waals surface area contributed by atoms with Gasteiger partial charge in [0.1, 0.15) is 0 Å². The van der Waals surface area contributed by atoms with Gasteiger partial charge < -0.3 is 5.32 Å². The highest BCUT2D eigenvalue weighted by atomic mass is 16.1. The molecule has 0 aliphatic heterocycles. The molecule has 98 valence electrons. The molecule has 0 aliphatic carbocycles. The van der Waals surface area contributed by atoms with E-state index >= 15 is 0 Å². The molecule has 0 spiro atoms. The van der Waals surface area contributed by atoms with Gasteiger partial charge in [0, 0.05) is 11.3 Å². The monoisotopic (exact) mass is 261 g/mol. The molecule has 3 rings (SSSR count). The molecule has 1 amide bonds. The van der Waals surface area contributed by atoms with Crippen molar-refractivity contribution in [2.75, 3.05) is 5.32 Å². The van der Waals surface area contributed by atoms with Gasteiger partial charge in [-0.3, -0.25) is 4.79 Å². The highest BCUT2D eigenvalue weighted by molar-refractivity contribution is 6.06. The third kappa shape index (κ3) is 2.54. The second-order valence-corrected chi connectivity index (χ2v) is 4.88. The molecule has 0 unspecified atom stereocenters. The Morgan fingerprint density at radius 2 is 1.55 bits per heavy atom. The number of rotatable bonds is 2. The van der Waals surface area contributed by atoms with E-state index in [2.05, 4.69) is 5.32 Å². The van der Waals surface area contributed by atoms with Crippen molar-refractivity contribution in [2.24, 2.45) is 0 Å². The smallest absolute Gasteiger partial charge is 0.255 e. The summed E-state index contributed by atoms with van der Waals surface area (Å²) in [4.78, 5) is 12.2. The Morgan fingerprint density at radius 3 is 2.30 bits per heavy atom. The summed E-state index contributed by atoms with van der Waals surface area (Å²) < 4.78 is 0. The van der Waals surface area contributed by atoms with E-state index < -0.39 is 0 Å². The first kappa shape index (κ1) is 12.4. The summed E-state index contributed by atoms with van der Waals surface area (Å²) in [5.74, 6) is -0.0837. The lowest BCUT2D eigenvalue weighted by molar-refractivity contribution is 0.102. The zero-order valence-corrected chi connectivity index (χ0v) is 11.3. The van der Waals surface area contributed by atoms with E-state index in [1.807, 2.05) is 73.7 Å². The topological polar surface area (TPSA) is 29.1 Å². The fourth-order valence-corrected chi connectivity index (χ4v) is 2.17. The molecule has 0 radical (unpaired) electrons. The van der Waals surface area contributed by atoms with Crippen LogP contribution in [0.15, 0.2) is 66.7 Å². The number of hydrogen-bond acceptors (Lipinski definition) is 1. The van der Waals surface area contributed by atoms with Gasteiger partial charge in [-0.15, -0.1) is 0 Å². The second-order valence-electron chi connectivity index (χ2n) is 4.88. The van der Waals surface area contributed by atoms with E-state index in [4.69, 9.17) is 0 Å². The van der Waals surface area contributed by atoms with Crippen molar-refractivity contribution in [2.45, 2.75) is 6.92 Å². The van der Waals surface area contributed by atoms with Crippen LogP contribution >= 0.6 is 0 Å². The summed E-state index contributed by atoms with van der Waals surface area (Å²) >= 11 is 0. The molecule has 0 bridgehead atoms. The summed E-state index contributed by atoms with van der Waals surface area (Å²) in [6, 6.07) is 21.5. The van der Waals surface area contributed by atoms with Gasteiger partial charge in [-0.05, 0) is 42.0 Å². The highest BCUT2D eigenvalue weighted by Gasteiger charge is 2.06. The molecule has 0 fully saturated rings. The highest BCUT2D eigenvalue weighted by Crippen LogP contribution is 2.17. The molecule has 0 aromatic heterocycles. The molecular formula is C18H15NO. The summed E-state index contributed by atoms with van der Waals surface area (Å²) in [6.45, 7) is 2.02. The first-order chi connectivity index (χ1) is 9.72. The van der Waals surface area contributed by atoms with Gasteiger partial charge in [0.05, 0.1) is 0 Å². The molecule has 0 saturated heterocycles. The Balaban J connectivity index is 1.86. The van der Waals surface area contributed by atoms with Crippen LogP contribution in [-0.4, -0.2) is 5.91 Å². The number of carbonyl (C=O) groups excluding carboxylic acids is 1. The predicted octanol–water partition coefficient (Wildman–Crippen LogP) is 4.40. The molecule has 0 saturated carbocycles. The third-order valence-corrected chi connectivity index (χ3v) is 3.32. The van der Waals surface area contributed by atoms with Crippen molar-refractivity contribution in [3.8, 4) is 0 Å². The minimum absolute atomic E-state index is 0.0837. The van der Waals surface area contributed by atoms with Crippen LogP contribution in [-0.2, 0) is 0 Å². The Labute approximate surface area is 118 Å². The SMILES string of the molecule is Cc1ccc(NC(=O)c2ccc3ccccc3c2)cc1. The number of hydrogen-bond donors (Lipinski definition) is 1. The fourth-order valence-electron chi connectivity index (χ4n) is 2.17. The first-order valence-electron chi connectivity index (χ1n) is 6.59. The van der Waals surface area contributed by atoms with Crippen molar-refractivity contribution in [1.29, 1.82) is 0 Å². The lowest BCUT2D eigenvalue weighted by Crippen LogP contribution is -2.11. The molecule has 0 heterocycles. The van der Waals surface area contributed by atoms with Crippen LogP contribution < -0.4 is 5.32 Å². The quantitative estimate of drug-likeness (QED) is 0.727. The molecule has 20 heavy (non-hydrogen) atoms. The summed E-state index contributed by atoms with van der Waals surface area (Å²) in [5, 5.41) is 5.12. The largest absolute Gasteiger partial charge is 0.322 e. The number of fused-ring (bicyclic) bond motifs is 1. The number of amides is 1. The van der Waals surface area contributed by atoms with Crippen molar-refractivity contribution >= 4 is 22.4 Å². The van der Waals surface area contributed by atoms with Crippen molar-refractivity contribution in [1.82, 2.24) is 0 Å². The number of anilines is 1. The van der Waals surface area contributed by atoms with Crippen molar-refractivity contribution in [3.63, 3.8) is 0 Å². The van der Waals surface area contributed by atoms with Crippen LogP contribution in [0, 0.1) is 6.92 Å². The lowest BCUT2D eigenvalue weighted by atomic mass is 10.1. The zero-order chi connectivity index (χ0) is 13.9. The van der Waals surface area contributed by atoms with E-state index in [9.17, 15) is 4.79 Å². The van der Waals surface area contributed by atoms with Gasteiger partial charge >= 0.3 is 0 Å². The molecule has 0 aliphatic rings. The molecular weight excluding hydrogens is 246 g/mol. The minimum Gasteiger partial charge on any atom is -0.322 e. The Morgan fingerprint density at radius 1 is 0.850 bits per heavy atom. The van der Waals surface area contributed by atoms with Gasteiger partial charge in [-0.1, -0.05) is 48.0 Å². The Kier molecular flexibility index (Phi) is 3.21. The van der Waals surface area contributed by atoms with Gasteiger partial charge in [-0.2, -0.15) is 0 Å². The fraction of sp³-hybridized carbons (Fsp3) is 0.0556. The van der Waals surface area contributed by atoms with Crippen molar-refractivity contribution in [3.05, 3.63) is 77.9 Å². The summed E-state index contributed by atoms with van der Waals surface area (Å²) in [6.07, 6.45) is 0. The van der Waals surface area contributed by atoms with Crippen LogP contribution in [0.5, 0.6) is 0 Å². The molecule has 2 heteroatoms. The summed E-state index contributed by atoms with van der Waals surface area (Å²) in [7, 11) is 0. The minimum atomic E-state index is -0.0837. The number of carbonyl (C=O) groups is 1. The van der Waals surface area contributed by atoms with Gasteiger partial charge in [0.25, 0.3) is 5.91 Å². The van der Waals surface area contributed by atoms with E-state index in [0.717, 1.165) is 16.5 Å². The van der Waals surface area contributed by atoms with Crippen molar-refractivity contribution < 1.29 is 4.79 Å². The molecule has 3 aromatic carbocycles. The van der Waals surface area contributed by atoms with E-state index in [1.54, 1.807) is 0 Å². The van der Waals surface area contributed by atoms with E-state index in [-0.39, 0.29) is 5.91 Å². The van der Waals surface area contributed by atoms with Crippen LogP contribution in [0.3, 0.4) is 0 Å². The maximum atomic E-state index is 12.2. The van der Waals surface area contributed by atoms with E-state index in [0.29, 0.717) is 5.56 Å². The maximum Gasteiger partial charge on any atom is 0.255 e.